The monoisotopic (exact) mass is 384 g/mol. The van der Waals surface area contributed by atoms with Gasteiger partial charge in [0.05, 0.1) is 0 Å². The lowest BCUT2D eigenvalue weighted by atomic mass is 9.98. The number of benzene rings is 4. The van der Waals surface area contributed by atoms with Crippen LogP contribution in [0.5, 0.6) is 0 Å². The van der Waals surface area contributed by atoms with Crippen LogP contribution in [-0.4, -0.2) is 0 Å². The molecule has 0 radical (unpaired) electrons. The van der Waals surface area contributed by atoms with Crippen molar-refractivity contribution >= 4 is 64.2 Å². The van der Waals surface area contributed by atoms with Gasteiger partial charge >= 0.3 is 0 Å². The second kappa shape index (κ2) is 4.57. The molecule has 0 amide bonds. The molecule has 0 aliphatic heterocycles. The van der Waals surface area contributed by atoms with Crippen LogP contribution < -0.4 is 0 Å². The largest absolute Gasteiger partial charge is 0.0616 e. The first-order valence-corrected chi connectivity index (χ1v) is 8.02. The molecule has 0 nitrogen and oxygen atoms in total. The van der Waals surface area contributed by atoms with Crippen molar-refractivity contribution in [3.05, 3.63) is 69.6 Å². The molecule has 96 valence electrons. The molecule has 0 aromatic heterocycles. The van der Waals surface area contributed by atoms with E-state index in [4.69, 9.17) is 0 Å². The smallest absolute Gasteiger partial charge is 0.0332 e. The predicted octanol–water partition coefficient (Wildman–Crippen LogP) is 6.67. The molecular formula is C18H10Br2. The molecule has 4 rings (SSSR count). The number of rotatable bonds is 0. The lowest BCUT2D eigenvalue weighted by molar-refractivity contribution is 1.72. The average Bonchev–Trinajstić information content (AvgIpc) is 2.48. The molecule has 0 fully saturated rings. The van der Waals surface area contributed by atoms with Crippen LogP contribution in [0.25, 0.3) is 32.3 Å². The Morgan fingerprint density at radius 1 is 0.550 bits per heavy atom. The van der Waals surface area contributed by atoms with Crippen molar-refractivity contribution in [1.82, 2.24) is 0 Å². The van der Waals surface area contributed by atoms with Gasteiger partial charge in [0, 0.05) is 8.95 Å². The minimum atomic E-state index is 1.13. The van der Waals surface area contributed by atoms with Crippen LogP contribution in [0.4, 0.5) is 0 Å². The van der Waals surface area contributed by atoms with Crippen molar-refractivity contribution in [1.29, 1.82) is 0 Å². The van der Waals surface area contributed by atoms with E-state index in [1.807, 2.05) is 0 Å². The molecule has 4 aromatic rings. The molecule has 2 heteroatoms. The van der Waals surface area contributed by atoms with Gasteiger partial charge < -0.3 is 0 Å². The lowest BCUT2D eigenvalue weighted by Crippen LogP contribution is -1.83. The maximum atomic E-state index is 3.78. The zero-order valence-corrected chi connectivity index (χ0v) is 13.7. The van der Waals surface area contributed by atoms with E-state index in [9.17, 15) is 0 Å². The van der Waals surface area contributed by atoms with Crippen LogP contribution in [0, 0.1) is 0 Å². The highest BCUT2D eigenvalue weighted by Crippen LogP contribution is 2.38. The summed E-state index contributed by atoms with van der Waals surface area (Å²) < 4.78 is 2.29. The summed E-state index contributed by atoms with van der Waals surface area (Å²) in [5, 5.41) is 7.59. The predicted molar refractivity (Wildman–Crippen MR) is 94.4 cm³/mol. The van der Waals surface area contributed by atoms with E-state index in [0.717, 1.165) is 8.95 Å². The molecule has 0 saturated heterocycles. The Morgan fingerprint density at radius 3 is 2.20 bits per heavy atom. The molecule has 0 heterocycles. The normalized spacial score (nSPS) is 11.5. The Labute approximate surface area is 133 Å². The number of hydrogen-bond acceptors (Lipinski definition) is 0. The van der Waals surface area contributed by atoms with Gasteiger partial charge in [-0.05, 0) is 60.4 Å². The quantitative estimate of drug-likeness (QED) is 0.234. The standard InChI is InChI=1S/C18H10Br2/c19-17-7-3-6-13-16(17)10-15-12-5-2-1-4-11(12)8-9-14(15)18(13)20/h1-10H. The highest BCUT2D eigenvalue weighted by molar-refractivity contribution is 9.11. The third kappa shape index (κ3) is 1.72. The fourth-order valence-corrected chi connectivity index (χ4v) is 3.98. The van der Waals surface area contributed by atoms with E-state index in [2.05, 4.69) is 92.5 Å². The van der Waals surface area contributed by atoms with Gasteiger partial charge in [-0.1, -0.05) is 64.5 Å². The lowest BCUT2D eigenvalue weighted by Gasteiger charge is -2.10. The van der Waals surface area contributed by atoms with Crippen LogP contribution >= 0.6 is 31.9 Å². The second-order valence-corrected chi connectivity index (χ2v) is 6.55. The van der Waals surface area contributed by atoms with Crippen molar-refractivity contribution in [2.45, 2.75) is 0 Å². The Morgan fingerprint density at radius 2 is 1.30 bits per heavy atom. The SMILES string of the molecule is Brc1cccc2c(Br)c3ccc4ccccc4c3cc12. The Balaban J connectivity index is 2.33. The van der Waals surface area contributed by atoms with E-state index in [1.165, 1.54) is 32.3 Å². The molecule has 0 aliphatic rings. The maximum absolute atomic E-state index is 3.78. The first-order chi connectivity index (χ1) is 9.75. The van der Waals surface area contributed by atoms with Crippen LogP contribution in [0.1, 0.15) is 0 Å². The molecule has 20 heavy (non-hydrogen) atoms. The van der Waals surface area contributed by atoms with Gasteiger partial charge in [-0.25, -0.2) is 0 Å². The summed E-state index contributed by atoms with van der Waals surface area (Å²) >= 11 is 7.44. The van der Waals surface area contributed by atoms with Crippen molar-refractivity contribution in [3.63, 3.8) is 0 Å². The number of fused-ring (bicyclic) bond motifs is 4. The highest BCUT2D eigenvalue weighted by Gasteiger charge is 2.09. The Bertz CT molecular complexity index is 971. The van der Waals surface area contributed by atoms with Gasteiger partial charge in [0.2, 0.25) is 0 Å². The highest BCUT2D eigenvalue weighted by atomic mass is 79.9. The molecule has 0 spiro atoms. The Kier molecular flexibility index (Phi) is 2.83. The maximum Gasteiger partial charge on any atom is 0.0332 e. The van der Waals surface area contributed by atoms with Gasteiger partial charge in [-0.15, -0.1) is 0 Å². The molecule has 0 atom stereocenters. The first kappa shape index (κ1) is 12.4. The van der Waals surface area contributed by atoms with Crippen molar-refractivity contribution in [2.75, 3.05) is 0 Å². The van der Waals surface area contributed by atoms with Gasteiger partial charge in [0.1, 0.15) is 0 Å². The topological polar surface area (TPSA) is 0 Å². The van der Waals surface area contributed by atoms with E-state index in [1.54, 1.807) is 0 Å². The first-order valence-electron chi connectivity index (χ1n) is 6.44. The van der Waals surface area contributed by atoms with Crippen LogP contribution in [0.3, 0.4) is 0 Å². The van der Waals surface area contributed by atoms with Crippen LogP contribution in [-0.2, 0) is 0 Å². The average molecular weight is 386 g/mol. The summed E-state index contributed by atoms with van der Waals surface area (Å²) in [6, 6.07) is 21.5. The molecule has 0 unspecified atom stereocenters. The number of hydrogen-bond donors (Lipinski definition) is 0. The summed E-state index contributed by atoms with van der Waals surface area (Å²) in [5.41, 5.74) is 0. The summed E-state index contributed by atoms with van der Waals surface area (Å²) in [6.45, 7) is 0. The second-order valence-electron chi connectivity index (χ2n) is 4.91. The van der Waals surface area contributed by atoms with E-state index >= 15 is 0 Å². The molecular weight excluding hydrogens is 376 g/mol. The van der Waals surface area contributed by atoms with Gasteiger partial charge in [0.25, 0.3) is 0 Å². The fraction of sp³-hybridized carbons (Fsp3) is 0. The van der Waals surface area contributed by atoms with E-state index < -0.39 is 0 Å². The van der Waals surface area contributed by atoms with Crippen molar-refractivity contribution in [3.8, 4) is 0 Å². The zero-order valence-electron chi connectivity index (χ0n) is 10.5. The summed E-state index contributed by atoms with van der Waals surface area (Å²) in [5.74, 6) is 0. The fourth-order valence-electron chi connectivity index (χ4n) is 2.81. The van der Waals surface area contributed by atoms with E-state index in [0.29, 0.717) is 0 Å². The van der Waals surface area contributed by atoms with Crippen LogP contribution in [0.15, 0.2) is 69.6 Å². The summed E-state index contributed by atoms with van der Waals surface area (Å²) in [7, 11) is 0. The van der Waals surface area contributed by atoms with Crippen molar-refractivity contribution in [2.24, 2.45) is 0 Å². The molecule has 4 aromatic carbocycles. The summed E-state index contributed by atoms with van der Waals surface area (Å²) in [6.07, 6.45) is 0. The minimum Gasteiger partial charge on any atom is -0.0616 e. The molecule has 0 bridgehead atoms. The van der Waals surface area contributed by atoms with Crippen LogP contribution in [0.2, 0.25) is 0 Å². The van der Waals surface area contributed by atoms with Gasteiger partial charge in [0.15, 0.2) is 0 Å². The molecule has 0 saturated carbocycles. The molecule has 0 N–H and O–H groups in total. The minimum absolute atomic E-state index is 1.13. The number of halogens is 2. The van der Waals surface area contributed by atoms with E-state index in [-0.39, 0.29) is 0 Å². The Hall–Kier alpha value is -1.38. The third-order valence-corrected chi connectivity index (χ3v) is 5.33. The summed E-state index contributed by atoms with van der Waals surface area (Å²) in [4.78, 5) is 0. The molecule has 0 aliphatic carbocycles. The third-order valence-electron chi connectivity index (χ3n) is 3.79. The van der Waals surface area contributed by atoms with Gasteiger partial charge in [-0.3, -0.25) is 0 Å². The zero-order chi connectivity index (χ0) is 13.7. The van der Waals surface area contributed by atoms with Crippen molar-refractivity contribution < 1.29 is 0 Å². The van der Waals surface area contributed by atoms with Gasteiger partial charge in [-0.2, -0.15) is 0 Å².